The molecule has 0 atom stereocenters. The average molecular weight is 274 g/mol. The fourth-order valence-electron chi connectivity index (χ4n) is 1.41. The Labute approximate surface area is 115 Å². The third kappa shape index (κ3) is 3.61. The Bertz CT molecular complexity index is 595. The molecule has 2 amide bonds. The predicted molar refractivity (Wildman–Crippen MR) is 69.8 cm³/mol. The molecule has 0 aliphatic rings. The Morgan fingerprint density at radius 2 is 1.85 bits per heavy atom. The van der Waals surface area contributed by atoms with E-state index in [2.05, 4.69) is 26.3 Å². The number of carbonyl (C=O) groups is 2. The van der Waals surface area contributed by atoms with Crippen molar-refractivity contribution in [1.82, 2.24) is 31.1 Å². The van der Waals surface area contributed by atoms with Crippen molar-refractivity contribution in [2.24, 2.45) is 0 Å². The summed E-state index contributed by atoms with van der Waals surface area (Å²) in [5, 5.41) is 11.7. The molecule has 1 aromatic heterocycles. The molecule has 0 radical (unpaired) electrons. The number of benzene rings is 1. The summed E-state index contributed by atoms with van der Waals surface area (Å²) < 4.78 is 0. The first kappa shape index (κ1) is 13.7. The van der Waals surface area contributed by atoms with E-state index in [-0.39, 0.29) is 12.5 Å². The number of tetrazole rings is 1. The summed E-state index contributed by atoms with van der Waals surface area (Å²) in [5.74, 6) is -0.255. The van der Waals surface area contributed by atoms with Crippen molar-refractivity contribution in [3.8, 4) is 11.4 Å². The van der Waals surface area contributed by atoms with Crippen LogP contribution in [0, 0.1) is 0 Å². The van der Waals surface area contributed by atoms with Crippen molar-refractivity contribution in [1.29, 1.82) is 0 Å². The first-order valence-electron chi connectivity index (χ1n) is 6.10. The number of hydrogen-bond acceptors (Lipinski definition) is 5. The molecule has 104 valence electrons. The van der Waals surface area contributed by atoms with E-state index in [1.54, 1.807) is 6.92 Å². The minimum absolute atomic E-state index is 0.121. The molecule has 0 bridgehead atoms. The van der Waals surface area contributed by atoms with Crippen LogP contribution in [-0.2, 0) is 16.1 Å². The van der Waals surface area contributed by atoms with Gasteiger partial charge in [-0.1, -0.05) is 37.3 Å². The van der Waals surface area contributed by atoms with E-state index in [1.165, 1.54) is 0 Å². The Morgan fingerprint density at radius 1 is 1.15 bits per heavy atom. The molecule has 0 spiro atoms. The van der Waals surface area contributed by atoms with Crippen LogP contribution in [0.3, 0.4) is 0 Å². The summed E-state index contributed by atoms with van der Waals surface area (Å²) in [5.41, 5.74) is 5.34. The van der Waals surface area contributed by atoms with Crippen LogP contribution in [0.15, 0.2) is 30.3 Å². The quantitative estimate of drug-likeness (QED) is 0.758. The highest BCUT2D eigenvalue weighted by atomic mass is 16.2. The molecule has 0 aliphatic carbocycles. The maximum Gasteiger partial charge on any atom is 0.262 e. The van der Waals surface area contributed by atoms with Crippen LogP contribution in [0.25, 0.3) is 11.4 Å². The maximum absolute atomic E-state index is 11.5. The lowest BCUT2D eigenvalue weighted by Gasteiger charge is -2.04. The molecule has 2 rings (SSSR count). The number of nitrogens with one attached hydrogen (secondary N) is 2. The van der Waals surface area contributed by atoms with Crippen LogP contribution in [0.2, 0.25) is 0 Å². The summed E-state index contributed by atoms with van der Waals surface area (Å²) >= 11 is 0. The number of aromatic nitrogens is 4. The predicted octanol–water partition coefficient (Wildman–Crippen LogP) is -0.103. The molecular weight excluding hydrogens is 260 g/mol. The van der Waals surface area contributed by atoms with Gasteiger partial charge in [-0.15, -0.1) is 10.2 Å². The van der Waals surface area contributed by atoms with Crippen LogP contribution in [0.1, 0.15) is 13.3 Å². The van der Waals surface area contributed by atoms with Crippen molar-refractivity contribution >= 4 is 11.8 Å². The molecule has 0 unspecified atom stereocenters. The third-order valence-electron chi connectivity index (χ3n) is 2.43. The Hall–Kier alpha value is -2.77. The van der Waals surface area contributed by atoms with Crippen molar-refractivity contribution < 1.29 is 9.59 Å². The van der Waals surface area contributed by atoms with E-state index >= 15 is 0 Å². The Kier molecular flexibility index (Phi) is 4.38. The molecule has 0 aliphatic heterocycles. The molecule has 8 heteroatoms. The van der Waals surface area contributed by atoms with Gasteiger partial charge >= 0.3 is 0 Å². The molecule has 1 heterocycles. The van der Waals surface area contributed by atoms with E-state index < -0.39 is 5.91 Å². The van der Waals surface area contributed by atoms with Gasteiger partial charge in [-0.3, -0.25) is 20.4 Å². The van der Waals surface area contributed by atoms with Gasteiger partial charge in [0.25, 0.3) is 5.91 Å². The van der Waals surface area contributed by atoms with E-state index in [0.717, 1.165) is 10.4 Å². The monoisotopic (exact) mass is 274 g/mol. The standard InChI is InChI=1S/C12H14N6O2/c1-2-10(19)13-14-11(20)8-18-16-12(15-17-18)9-6-4-3-5-7-9/h3-7H,2,8H2,1H3,(H,13,19)(H,14,20). The molecular formula is C12H14N6O2. The first-order valence-corrected chi connectivity index (χ1v) is 6.10. The lowest BCUT2D eigenvalue weighted by Crippen LogP contribution is -2.43. The zero-order valence-corrected chi connectivity index (χ0v) is 10.9. The third-order valence-corrected chi connectivity index (χ3v) is 2.43. The summed E-state index contributed by atoms with van der Waals surface area (Å²) in [6, 6.07) is 9.32. The summed E-state index contributed by atoms with van der Waals surface area (Å²) in [6.07, 6.45) is 0.292. The molecule has 0 fully saturated rings. The second-order valence-corrected chi connectivity index (χ2v) is 3.96. The van der Waals surface area contributed by atoms with E-state index in [0.29, 0.717) is 12.2 Å². The second kappa shape index (κ2) is 6.41. The van der Waals surface area contributed by atoms with Gasteiger partial charge in [0.2, 0.25) is 11.7 Å². The van der Waals surface area contributed by atoms with E-state index in [1.807, 2.05) is 30.3 Å². The largest absolute Gasteiger partial charge is 0.273 e. The van der Waals surface area contributed by atoms with Gasteiger partial charge in [-0.2, -0.15) is 4.80 Å². The van der Waals surface area contributed by atoms with Crippen molar-refractivity contribution in [3.63, 3.8) is 0 Å². The first-order chi connectivity index (χ1) is 9.69. The molecule has 2 aromatic rings. The number of hydrazine groups is 1. The molecule has 2 N–H and O–H groups in total. The summed E-state index contributed by atoms with van der Waals surface area (Å²) in [6.45, 7) is 1.57. The maximum atomic E-state index is 11.5. The zero-order chi connectivity index (χ0) is 14.4. The Morgan fingerprint density at radius 3 is 2.55 bits per heavy atom. The lowest BCUT2D eigenvalue weighted by atomic mass is 10.2. The highest BCUT2D eigenvalue weighted by Crippen LogP contribution is 2.11. The van der Waals surface area contributed by atoms with Crippen LogP contribution in [0.5, 0.6) is 0 Å². The van der Waals surface area contributed by atoms with Crippen LogP contribution >= 0.6 is 0 Å². The van der Waals surface area contributed by atoms with Crippen LogP contribution in [0.4, 0.5) is 0 Å². The van der Waals surface area contributed by atoms with Gasteiger partial charge in [0.15, 0.2) is 0 Å². The number of nitrogens with zero attached hydrogens (tertiary/aromatic N) is 4. The molecule has 1 aromatic carbocycles. The fraction of sp³-hybridized carbons (Fsp3) is 0.250. The minimum Gasteiger partial charge on any atom is -0.273 e. The van der Waals surface area contributed by atoms with Crippen molar-refractivity contribution in [3.05, 3.63) is 30.3 Å². The van der Waals surface area contributed by atoms with Gasteiger partial charge in [0.1, 0.15) is 6.54 Å². The van der Waals surface area contributed by atoms with Crippen LogP contribution in [-0.4, -0.2) is 32.0 Å². The van der Waals surface area contributed by atoms with E-state index in [9.17, 15) is 9.59 Å². The van der Waals surface area contributed by atoms with Crippen molar-refractivity contribution in [2.75, 3.05) is 0 Å². The van der Waals surface area contributed by atoms with E-state index in [4.69, 9.17) is 0 Å². The number of carbonyl (C=O) groups excluding carboxylic acids is 2. The average Bonchev–Trinajstić information content (AvgIpc) is 2.94. The van der Waals surface area contributed by atoms with Gasteiger partial charge in [-0.05, 0) is 5.21 Å². The second-order valence-electron chi connectivity index (χ2n) is 3.96. The molecule has 20 heavy (non-hydrogen) atoms. The highest BCUT2D eigenvalue weighted by Gasteiger charge is 2.09. The van der Waals surface area contributed by atoms with Gasteiger partial charge in [-0.25, -0.2) is 0 Å². The minimum atomic E-state index is -0.427. The number of rotatable bonds is 4. The summed E-state index contributed by atoms with van der Waals surface area (Å²) in [7, 11) is 0. The van der Waals surface area contributed by atoms with Gasteiger partial charge in [0.05, 0.1) is 0 Å². The molecule has 8 nitrogen and oxygen atoms in total. The normalized spacial score (nSPS) is 10.1. The molecule has 0 saturated carbocycles. The SMILES string of the molecule is CCC(=O)NNC(=O)Cn1nnc(-c2ccccc2)n1. The Balaban J connectivity index is 1.93. The number of amides is 2. The zero-order valence-electron chi connectivity index (χ0n) is 10.9. The van der Waals surface area contributed by atoms with Gasteiger partial charge in [0, 0.05) is 12.0 Å². The van der Waals surface area contributed by atoms with Crippen LogP contribution < -0.4 is 10.9 Å². The summed E-state index contributed by atoms with van der Waals surface area (Å²) in [4.78, 5) is 23.7. The van der Waals surface area contributed by atoms with Crippen molar-refractivity contribution in [2.45, 2.75) is 19.9 Å². The topological polar surface area (TPSA) is 102 Å². The lowest BCUT2D eigenvalue weighted by molar-refractivity contribution is -0.129. The number of hydrogen-bond donors (Lipinski definition) is 2. The van der Waals surface area contributed by atoms with Gasteiger partial charge < -0.3 is 0 Å². The fourth-order valence-corrected chi connectivity index (χ4v) is 1.41. The molecule has 0 saturated heterocycles. The smallest absolute Gasteiger partial charge is 0.262 e. The highest BCUT2D eigenvalue weighted by molar-refractivity contribution is 5.81.